The Hall–Kier alpha value is -2.04. The zero-order valence-electron chi connectivity index (χ0n) is 24.6. The van der Waals surface area contributed by atoms with Crippen LogP contribution in [-0.4, -0.2) is 63.8 Å². The summed E-state index contributed by atoms with van der Waals surface area (Å²) in [4.78, 5) is 21.7. The molecule has 0 unspecified atom stereocenters. The van der Waals surface area contributed by atoms with Crippen LogP contribution in [0.1, 0.15) is 55.1 Å². The van der Waals surface area contributed by atoms with Crippen molar-refractivity contribution >= 4 is 27.0 Å². The zero-order valence-corrected chi connectivity index (χ0v) is 17.4. The van der Waals surface area contributed by atoms with Crippen molar-refractivity contribution in [2.45, 2.75) is 57.5 Å². The van der Waals surface area contributed by atoms with Gasteiger partial charge in [0, 0.05) is 57.8 Å². The fraction of sp³-hybridized carbons (Fsp3) is 0.650. The molecule has 30 heavy (non-hydrogen) atoms. The molecule has 2 aromatic heterocycles. The van der Waals surface area contributed by atoms with Gasteiger partial charge in [-0.2, -0.15) is 4.98 Å². The van der Waals surface area contributed by atoms with Crippen molar-refractivity contribution in [3.05, 3.63) is 28.2 Å². The van der Waals surface area contributed by atoms with Gasteiger partial charge in [0.25, 0.3) is 5.56 Å². The van der Waals surface area contributed by atoms with Gasteiger partial charge in [-0.25, -0.2) is 17.7 Å². The summed E-state index contributed by atoms with van der Waals surface area (Å²) in [6, 6.07) is -2.21. The summed E-state index contributed by atoms with van der Waals surface area (Å²) < 4.78 is 91.5. The summed E-state index contributed by atoms with van der Waals surface area (Å²) in [6.45, 7) is -2.60. The summed E-state index contributed by atoms with van der Waals surface area (Å²) in [6.07, 6.45) is -3.47. The number of aromatic nitrogens is 3. The lowest BCUT2D eigenvalue weighted by molar-refractivity contribution is 0.129. The molecular weight excluding hydrogens is 406 g/mol. The fourth-order valence-electron chi connectivity index (χ4n) is 3.86. The number of anilines is 1. The highest BCUT2D eigenvalue weighted by Gasteiger charge is 2.34. The van der Waals surface area contributed by atoms with Gasteiger partial charge >= 0.3 is 0 Å². The molecule has 164 valence electrons. The summed E-state index contributed by atoms with van der Waals surface area (Å²) in [7, 11) is -3.96. The van der Waals surface area contributed by atoms with Crippen LogP contribution in [0.4, 0.5) is 5.95 Å². The number of nitrogens with zero attached hydrogens (tertiary/aromatic N) is 4. The maximum atomic E-state index is 13.4. The first-order valence-corrected chi connectivity index (χ1v) is 11.4. The number of pyridine rings is 1. The lowest BCUT2D eigenvalue weighted by Crippen LogP contribution is -2.42. The van der Waals surface area contributed by atoms with Gasteiger partial charge < -0.3 is 10.4 Å². The minimum atomic E-state index is -3.96. The number of piperidine rings is 1. The summed E-state index contributed by atoms with van der Waals surface area (Å²) in [5.41, 5.74) is -1.31. The minimum Gasteiger partial charge on any atom is -0.393 e. The Kier molecular flexibility index (Phi) is 3.53. The van der Waals surface area contributed by atoms with Gasteiger partial charge in [-0.1, -0.05) is 6.92 Å². The van der Waals surface area contributed by atoms with E-state index in [-0.39, 0.29) is 11.0 Å². The topological polar surface area (TPSA) is 117 Å². The Morgan fingerprint density at radius 1 is 1.37 bits per heavy atom. The zero-order chi connectivity index (χ0) is 28.6. The van der Waals surface area contributed by atoms with Crippen LogP contribution in [0.25, 0.3) is 11.0 Å². The molecule has 2 N–H and O–H groups in total. The molecule has 0 bridgehead atoms. The molecule has 2 aliphatic rings. The van der Waals surface area contributed by atoms with Gasteiger partial charge in [0.2, 0.25) is 16.0 Å². The number of aryl methyl sites for hydroxylation is 1. The molecular formula is C20H29N5O4S. The minimum absolute atomic E-state index is 0.0234. The molecule has 1 saturated carbocycles. The van der Waals surface area contributed by atoms with Crippen LogP contribution in [0.2, 0.25) is 0 Å². The van der Waals surface area contributed by atoms with Crippen molar-refractivity contribution < 1.29 is 24.5 Å². The molecule has 4 rings (SSSR count). The van der Waals surface area contributed by atoms with E-state index < -0.39 is 83.9 Å². The molecule has 2 fully saturated rings. The molecule has 0 aromatic carbocycles. The van der Waals surface area contributed by atoms with E-state index in [0.717, 1.165) is 12.3 Å². The SMILES string of the molecule is [2H]C([2H])([2H])c1cc2cnc(NC3([2H])C([2H])([2H])CN(S(C)(=O)=O)CC3([2H])[2H])nc2n([C@H]2CC[C@H](O)[C@H]2C)c1=O. The fourth-order valence-corrected chi connectivity index (χ4v) is 4.46. The Morgan fingerprint density at radius 3 is 2.70 bits per heavy atom. The highest BCUT2D eigenvalue weighted by molar-refractivity contribution is 7.88. The van der Waals surface area contributed by atoms with Crippen molar-refractivity contribution in [1.82, 2.24) is 18.8 Å². The molecule has 2 aromatic rings. The van der Waals surface area contributed by atoms with E-state index in [1.54, 1.807) is 6.92 Å². The Labute approximate surface area is 187 Å². The van der Waals surface area contributed by atoms with Crippen molar-refractivity contribution in [2.24, 2.45) is 5.92 Å². The number of sulfonamides is 1. The molecule has 0 amide bonds. The Bertz CT molecular complexity index is 1410. The quantitative estimate of drug-likeness (QED) is 0.731. The largest absolute Gasteiger partial charge is 0.393 e. The van der Waals surface area contributed by atoms with Gasteiger partial charge in [0.1, 0.15) is 5.65 Å². The Morgan fingerprint density at radius 2 is 2.10 bits per heavy atom. The van der Waals surface area contributed by atoms with Crippen LogP contribution >= 0.6 is 0 Å². The number of aliphatic hydroxyl groups is 1. The van der Waals surface area contributed by atoms with E-state index in [4.69, 9.17) is 11.0 Å². The molecule has 1 saturated heterocycles. The molecule has 1 aliphatic carbocycles. The molecule has 9 nitrogen and oxygen atoms in total. The molecule has 1 aliphatic heterocycles. The second-order valence-electron chi connectivity index (χ2n) is 7.66. The maximum absolute atomic E-state index is 13.4. The average molecular weight is 444 g/mol. The number of fused-ring (bicyclic) bond motifs is 1. The van der Waals surface area contributed by atoms with Gasteiger partial charge in [-0.05, 0) is 38.5 Å². The number of nitrogens with one attached hydrogen (secondary N) is 1. The molecule has 3 atom stereocenters. The van der Waals surface area contributed by atoms with Crippen LogP contribution < -0.4 is 10.9 Å². The third-order valence-corrected chi connectivity index (χ3v) is 6.84. The molecule has 3 heterocycles. The normalized spacial score (nSPS) is 35.1. The summed E-state index contributed by atoms with van der Waals surface area (Å²) in [5.74, 6) is -0.825. The predicted molar refractivity (Wildman–Crippen MR) is 115 cm³/mol. The maximum Gasteiger partial charge on any atom is 0.255 e. The van der Waals surface area contributed by atoms with E-state index in [9.17, 15) is 18.3 Å². The van der Waals surface area contributed by atoms with Gasteiger partial charge in [-0.3, -0.25) is 9.36 Å². The monoisotopic (exact) mass is 443 g/mol. The van der Waals surface area contributed by atoms with Crippen LogP contribution in [0.5, 0.6) is 0 Å². The average Bonchev–Trinajstić information content (AvgIpc) is 3.08. The first-order chi connectivity index (χ1) is 17.2. The Balaban J connectivity index is 1.86. The summed E-state index contributed by atoms with van der Waals surface area (Å²) >= 11 is 0. The molecule has 0 spiro atoms. The number of aliphatic hydroxyl groups excluding tert-OH is 1. The number of hydrogen-bond acceptors (Lipinski definition) is 7. The van der Waals surface area contributed by atoms with E-state index in [1.165, 1.54) is 10.8 Å². The van der Waals surface area contributed by atoms with Crippen LogP contribution in [0, 0.1) is 12.8 Å². The third kappa shape index (κ3) is 3.95. The summed E-state index contributed by atoms with van der Waals surface area (Å²) in [5, 5.41) is 12.9. The molecule has 10 heteroatoms. The van der Waals surface area contributed by atoms with Gasteiger partial charge in [0.15, 0.2) is 0 Å². The first kappa shape index (κ1) is 13.4. The highest BCUT2D eigenvalue weighted by Crippen LogP contribution is 2.36. The second kappa shape index (κ2) is 7.90. The van der Waals surface area contributed by atoms with Crippen molar-refractivity contribution in [3.63, 3.8) is 0 Å². The van der Waals surface area contributed by atoms with E-state index in [1.807, 2.05) is 0 Å². The predicted octanol–water partition coefficient (Wildman–Crippen LogP) is 1.27. The van der Waals surface area contributed by atoms with Crippen LogP contribution in [0.3, 0.4) is 0 Å². The second-order valence-corrected chi connectivity index (χ2v) is 9.64. The van der Waals surface area contributed by atoms with E-state index >= 15 is 0 Å². The van der Waals surface area contributed by atoms with Crippen LogP contribution in [-0.2, 0) is 10.0 Å². The smallest absolute Gasteiger partial charge is 0.255 e. The lowest BCUT2D eigenvalue weighted by atomic mass is 10.0. The number of rotatable bonds is 4. The van der Waals surface area contributed by atoms with Crippen molar-refractivity contribution in [3.8, 4) is 0 Å². The van der Waals surface area contributed by atoms with Gasteiger partial charge in [0.05, 0.1) is 13.7 Å². The highest BCUT2D eigenvalue weighted by atomic mass is 32.2. The van der Waals surface area contributed by atoms with Crippen LogP contribution in [0.15, 0.2) is 17.1 Å². The first-order valence-electron chi connectivity index (χ1n) is 13.5. The third-order valence-electron chi connectivity index (χ3n) is 5.65. The van der Waals surface area contributed by atoms with Gasteiger partial charge in [-0.15, -0.1) is 0 Å². The van der Waals surface area contributed by atoms with E-state index in [0.29, 0.717) is 17.1 Å². The standard InChI is InChI=1S/C20H29N5O4S/c1-12-10-14-11-21-20(22-15-6-8-24(9-7-15)30(3,28)29)23-18(14)25(19(12)27)16-4-5-17(26)13(16)2/h10-11,13,15-17,26H,4-9H2,1-3H3,(H,21,22,23)/t13-,16-,17-/m0/s1/i1D3,6D2,7D2,15D. The van der Waals surface area contributed by atoms with E-state index in [2.05, 4.69) is 15.3 Å². The molecule has 0 radical (unpaired) electrons. The van der Waals surface area contributed by atoms with Crippen molar-refractivity contribution in [2.75, 3.05) is 24.7 Å². The number of hydrogen-bond donors (Lipinski definition) is 2. The van der Waals surface area contributed by atoms with Crippen molar-refractivity contribution in [1.29, 1.82) is 0 Å². The lowest BCUT2D eigenvalue weighted by Gasteiger charge is -2.30.